The summed E-state index contributed by atoms with van der Waals surface area (Å²) in [5.74, 6) is 0.845. The monoisotopic (exact) mass is 470 g/mol. The number of aromatic amines is 1. The molecule has 2 atom stereocenters. The van der Waals surface area contributed by atoms with Gasteiger partial charge in [-0.3, -0.25) is 5.10 Å². The van der Waals surface area contributed by atoms with E-state index in [1.165, 1.54) is 16.4 Å². The van der Waals surface area contributed by atoms with E-state index >= 15 is 0 Å². The first-order valence-electron chi connectivity index (χ1n) is 11.5. The second-order valence-electron chi connectivity index (χ2n) is 10.4. The van der Waals surface area contributed by atoms with Crippen molar-refractivity contribution in [2.75, 3.05) is 0 Å². The zero-order valence-electron chi connectivity index (χ0n) is 19.1. The lowest BCUT2D eigenvalue weighted by Crippen LogP contribution is -2.67. The maximum atomic E-state index is 13.0. The summed E-state index contributed by atoms with van der Waals surface area (Å²) in [6.45, 7) is 6.79. The van der Waals surface area contributed by atoms with Crippen LogP contribution in [0.5, 0.6) is 0 Å². The molecular formula is C26H29F3N2OSi. The smallest absolute Gasteiger partial charge is 0.404 e. The van der Waals surface area contributed by atoms with Gasteiger partial charge < -0.3 is 4.43 Å². The van der Waals surface area contributed by atoms with E-state index in [4.69, 9.17) is 4.43 Å². The summed E-state index contributed by atoms with van der Waals surface area (Å²) in [6, 6.07) is 22.3. The Labute approximate surface area is 193 Å². The number of H-pyrrole nitrogens is 1. The molecule has 7 heteroatoms. The highest BCUT2D eigenvalue weighted by Gasteiger charge is 2.60. The van der Waals surface area contributed by atoms with Gasteiger partial charge >= 0.3 is 6.18 Å². The molecule has 2 fully saturated rings. The Morgan fingerprint density at radius 1 is 0.879 bits per heavy atom. The van der Waals surface area contributed by atoms with Crippen LogP contribution in [-0.2, 0) is 10.6 Å². The fourth-order valence-electron chi connectivity index (χ4n) is 5.94. The largest absolute Gasteiger partial charge is 0.435 e. The summed E-state index contributed by atoms with van der Waals surface area (Å²) in [6.07, 6.45) is -2.55. The lowest BCUT2D eigenvalue weighted by atomic mass is 10.1. The van der Waals surface area contributed by atoms with Gasteiger partial charge in [0.15, 0.2) is 5.69 Å². The first-order chi connectivity index (χ1) is 15.6. The van der Waals surface area contributed by atoms with Gasteiger partial charge in [-0.25, -0.2) is 0 Å². The van der Waals surface area contributed by atoms with Crippen LogP contribution in [0.15, 0.2) is 66.7 Å². The first kappa shape index (κ1) is 22.4. The van der Waals surface area contributed by atoms with E-state index in [2.05, 4.69) is 79.5 Å². The molecule has 5 rings (SSSR count). The SMILES string of the molecule is CC(C)(C)[Si](OC1CC2C(C1)C2c1cc(C(F)(F)F)n[nH]1)(c1ccccc1)c1ccccc1. The highest BCUT2D eigenvalue weighted by molar-refractivity contribution is 6.99. The minimum Gasteiger partial charge on any atom is -0.404 e. The second-order valence-corrected chi connectivity index (χ2v) is 14.7. The number of nitrogens with one attached hydrogen (secondary N) is 1. The van der Waals surface area contributed by atoms with Crippen LogP contribution >= 0.6 is 0 Å². The molecule has 2 aliphatic carbocycles. The van der Waals surface area contributed by atoms with Crippen LogP contribution < -0.4 is 10.4 Å². The Morgan fingerprint density at radius 3 is 1.82 bits per heavy atom. The molecule has 0 bridgehead atoms. The van der Waals surface area contributed by atoms with Crippen LogP contribution in [0.3, 0.4) is 0 Å². The quantitative estimate of drug-likeness (QED) is 0.500. The third kappa shape index (κ3) is 3.85. The van der Waals surface area contributed by atoms with Crippen LogP contribution in [0.1, 0.15) is 50.9 Å². The number of halogens is 3. The Balaban J connectivity index is 1.41. The van der Waals surface area contributed by atoms with Gasteiger partial charge in [0.2, 0.25) is 0 Å². The van der Waals surface area contributed by atoms with Crippen LogP contribution in [0, 0.1) is 11.8 Å². The maximum Gasteiger partial charge on any atom is 0.435 e. The fraction of sp³-hybridized carbons (Fsp3) is 0.423. The van der Waals surface area contributed by atoms with Crippen LogP contribution in [0.25, 0.3) is 0 Å². The predicted octanol–water partition coefficient (Wildman–Crippen LogP) is 5.50. The van der Waals surface area contributed by atoms with Crippen molar-refractivity contribution >= 4 is 18.7 Å². The van der Waals surface area contributed by atoms with Crippen LogP contribution in [0.2, 0.25) is 5.04 Å². The molecule has 33 heavy (non-hydrogen) atoms. The van der Waals surface area contributed by atoms with Gasteiger partial charge in [0, 0.05) is 17.7 Å². The van der Waals surface area contributed by atoms with E-state index in [9.17, 15) is 13.2 Å². The third-order valence-corrected chi connectivity index (χ3v) is 12.5. The molecule has 0 amide bonds. The average Bonchev–Trinajstić information content (AvgIpc) is 3.13. The van der Waals surface area contributed by atoms with Gasteiger partial charge in [-0.1, -0.05) is 81.4 Å². The molecule has 1 aromatic heterocycles. The van der Waals surface area contributed by atoms with Crippen molar-refractivity contribution in [1.29, 1.82) is 0 Å². The summed E-state index contributed by atoms with van der Waals surface area (Å²) in [4.78, 5) is 0. The molecule has 2 saturated carbocycles. The lowest BCUT2D eigenvalue weighted by Gasteiger charge is -2.45. The van der Waals surface area contributed by atoms with Gasteiger partial charge in [-0.15, -0.1) is 0 Å². The molecule has 3 nitrogen and oxygen atoms in total. The number of hydrogen-bond acceptors (Lipinski definition) is 2. The van der Waals surface area contributed by atoms with Crippen molar-refractivity contribution in [3.63, 3.8) is 0 Å². The minimum atomic E-state index is -4.41. The van der Waals surface area contributed by atoms with E-state index in [1.54, 1.807) is 0 Å². The topological polar surface area (TPSA) is 37.9 Å². The number of fused-ring (bicyclic) bond motifs is 1. The number of aromatic nitrogens is 2. The van der Waals surface area contributed by atoms with Gasteiger partial charge in [0.25, 0.3) is 8.32 Å². The first-order valence-corrected chi connectivity index (χ1v) is 13.4. The third-order valence-electron chi connectivity index (χ3n) is 7.41. The van der Waals surface area contributed by atoms with Gasteiger partial charge in [0.1, 0.15) is 0 Å². The lowest BCUT2D eigenvalue weighted by molar-refractivity contribution is -0.141. The van der Waals surface area contributed by atoms with Crippen molar-refractivity contribution in [3.8, 4) is 0 Å². The summed E-state index contributed by atoms with van der Waals surface area (Å²) >= 11 is 0. The zero-order chi connectivity index (χ0) is 23.4. The second kappa shape index (κ2) is 7.84. The summed E-state index contributed by atoms with van der Waals surface area (Å²) in [7, 11) is -2.61. The van der Waals surface area contributed by atoms with Gasteiger partial charge in [-0.05, 0) is 46.2 Å². The van der Waals surface area contributed by atoms with Crippen molar-refractivity contribution in [2.24, 2.45) is 11.8 Å². The highest BCUT2D eigenvalue weighted by Crippen LogP contribution is 2.64. The summed E-state index contributed by atoms with van der Waals surface area (Å²) in [5, 5.41) is 8.55. The number of nitrogens with zero attached hydrogens (tertiary/aromatic N) is 1. The van der Waals surface area contributed by atoms with Gasteiger partial charge in [0.05, 0.1) is 0 Å². The Bertz CT molecular complexity index is 1060. The van der Waals surface area contributed by atoms with E-state index in [0.29, 0.717) is 17.5 Å². The summed E-state index contributed by atoms with van der Waals surface area (Å²) < 4.78 is 46.1. The number of alkyl halides is 3. The fourth-order valence-corrected chi connectivity index (χ4v) is 10.6. The Morgan fingerprint density at radius 2 is 1.39 bits per heavy atom. The van der Waals surface area contributed by atoms with Crippen molar-refractivity contribution in [3.05, 3.63) is 78.1 Å². The maximum absolute atomic E-state index is 13.0. The Hall–Kier alpha value is -2.38. The molecule has 1 heterocycles. The molecule has 0 spiro atoms. The average molecular weight is 471 g/mol. The van der Waals surface area contributed by atoms with Crippen LogP contribution in [-0.4, -0.2) is 24.6 Å². The molecule has 2 aromatic carbocycles. The molecule has 0 radical (unpaired) electrons. The van der Waals surface area contributed by atoms with Crippen molar-refractivity contribution in [1.82, 2.24) is 10.2 Å². The van der Waals surface area contributed by atoms with E-state index in [1.807, 2.05) is 12.1 Å². The molecule has 174 valence electrons. The molecule has 2 aliphatic rings. The number of hydrogen-bond donors (Lipinski definition) is 1. The normalized spacial score (nSPS) is 25.2. The standard InChI is InChI=1S/C26H29F3N2OSi/c1-25(2,3)33(18-10-6-4-7-11-18,19-12-8-5-9-13-19)32-17-14-20-21(15-17)24(20)22-16-23(31-30-22)26(27,28)29/h4-13,16-17,20-21,24H,14-15H2,1-3H3,(H,30,31). The van der Waals surface area contributed by atoms with E-state index in [0.717, 1.165) is 12.8 Å². The molecular weight excluding hydrogens is 441 g/mol. The number of benzene rings is 2. The molecule has 3 aromatic rings. The van der Waals surface area contributed by atoms with Crippen molar-refractivity contribution in [2.45, 2.75) is 56.8 Å². The van der Waals surface area contributed by atoms with Gasteiger partial charge in [-0.2, -0.15) is 18.3 Å². The minimum absolute atomic E-state index is 0.0904. The van der Waals surface area contributed by atoms with E-state index < -0.39 is 20.2 Å². The van der Waals surface area contributed by atoms with Crippen LogP contribution in [0.4, 0.5) is 13.2 Å². The zero-order valence-corrected chi connectivity index (χ0v) is 20.1. The molecule has 0 saturated heterocycles. The molecule has 1 N–H and O–H groups in total. The van der Waals surface area contributed by atoms with E-state index in [-0.39, 0.29) is 17.1 Å². The predicted molar refractivity (Wildman–Crippen MR) is 125 cm³/mol. The highest BCUT2D eigenvalue weighted by atomic mass is 28.4. The summed E-state index contributed by atoms with van der Waals surface area (Å²) in [5.41, 5.74) is -0.219. The molecule has 0 aliphatic heterocycles. The molecule has 2 unspecified atom stereocenters. The number of rotatable bonds is 5. The van der Waals surface area contributed by atoms with Crippen molar-refractivity contribution < 1.29 is 17.6 Å². The Kier molecular flexibility index (Phi) is 5.33.